The predicted octanol–water partition coefficient (Wildman–Crippen LogP) is 1.28. The van der Waals surface area contributed by atoms with E-state index in [1.165, 1.54) is 17.4 Å². The van der Waals surface area contributed by atoms with Crippen molar-refractivity contribution in [3.05, 3.63) is 42.5 Å². The van der Waals surface area contributed by atoms with Gasteiger partial charge in [-0.1, -0.05) is 13.0 Å². The maximum atomic E-state index is 12.1. The van der Waals surface area contributed by atoms with Crippen LogP contribution >= 0.6 is 0 Å². The molecule has 26 heavy (non-hydrogen) atoms. The van der Waals surface area contributed by atoms with Crippen LogP contribution in [0.2, 0.25) is 0 Å². The number of likely N-dealkylation sites (N-methyl/N-ethyl adjacent to an activating group) is 1. The first-order valence-electron chi connectivity index (χ1n) is 8.58. The van der Waals surface area contributed by atoms with Crippen molar-refractivity contribution < 1.29 is 18.0 Å². The van der Waals surface area contributed by atoms with Gasteiger partial charge in [-0.05, 0) is 49.1 Å². The first-order chi connectivity index (χ1) is 12.3. The SMILES string of the molecule is C=CC(=O)N(C)c1ccc(C(=O)NCCS(=O)(=O)NCC2CCC2)cc1. The van der Waals surface area contributed by atoms with Crippen molar-refractivity contribution in [2.45, 2.75) is 19.3 Å². The minimum atomic E-state index is -3.38. The Balaban J connectivity index is 1.80. The molecule has 0 aromatic heterocycles. The second-order valence-corrected chi connectivity index (χ2v) is 8.29. The fourth-order valence-corrected chi connectivity index (χ4v) is 3.52. The van der Waals surface area contributed by atoms with Crippen molar-refractivity contribution in [1.82, 2.24) is 10.0 Å². The van der Waals surface area contributed by atoms with Crippen molar-refractivity contribution in [3.8, 4) is 0 Å². The zero-order valence-electron chi connectivity index (χ0n) is 14.9. The van der Waals surface area contributed by atoms with E-state index in [2.05, 4.69) is 16.6 Å². The third-order valence-electron chi connectivity index (χ3n) is 4.50. The highest BCUT2D eigenvalue weighted by Crippen LogP contribution is 2.25. The van der Waals surface area contributed by atoms with Gasteiger partial charge in [-0.15, -0.1) is 0 Å². The van der Waals surface area contributed by atoms with Crippen molar-refractivity contribution in [3.63, 3.8) is 0 Å². The number of nitrogens with zero attached hydrogens (tertiary/aromatic N) is 1. The lowest BCUT2D eigenvalue weighted by molar-refractivity contribution is -0.113. The summed E-state index contributed by atoms with van der Waals surface area (Å²) in [6, 6.07) is 6.46. The molecule has 1 aliphatic carbocycles. The van der Waals surface area contributed by atoms with Crippen molar-refractivity contribution in [2.24, 2.45) is 5.92 Å². The van der Waals surface area contributed by atoms with Gasteiger partial charge in [0.25, 0.3) is 5.91 Å². The fraction of sp³-hybridized carbons (Fsp3) is 0.444. The topological polar surface area (TPSA) is 95.6 Å². The molecular formula is C18H25N3O4S. The molecule has 1 fully saturated rings. The zero-order chi connectivity index (χ0) is 19.2. The molecule has 0 heterocycles. The molecule has 0 saturated heterocycles. The number of benzene rings is 1. The number of hydrogen-bond acceptors (Lipinski definition) is 4. The molecule has 7 nitrogen and oxygen atoms in total. The van der Waals surface area contributed by atoms with Crippen LogP contribution in [0.3, 0.4) is 0 Å². The van der Waals surface area contributed by atoms with Crippen molar-refractivity contribution >= 4 is 27.5 Å². The molecule has 2 rings (SSSR count). The third-order valence-corrected chi connectivity index (χ3v) is 5.84. The molecule has 0 atom stereocenters. The number of carbonyl (C=O) groups is 2. The molecular weight excluding hydrogens is 354 g/mol. The number of anilines is 1. The van der Waals surface area contributed by atoms with E-state index in [0.29, 0.717) is 23.7 Å². The van der Waals surface area contributed by atoms with Crippen LogP contribution < -0.4 is 14.9 Å². The third kappa shape index (κ3) is 5.67. The van der Waals surface area contributed by atoms with E-state index >= 15 is 0 Å². The van der Waals surface area contributed by atoms with Crippen LogP contribution in [0, 0.1) is 5.92 Å². The lowest BCUT2D eigenvalue weighted by Crippen LogP contribution is -2.37. The Hall–Kier alpha value is -2.19. The summed E-state index contributed by atoms with van der Waals surface area (Å²) in [6.07, 6.45) is 4.52. The smallest absolute Gasteiger partial charge is 0.251 e. The van der Waals surface area contributed by atoms with Gasteiger partial charge in [0, 0.05) is 31.4 Å². The first-order valence-corrected chi connectivity index (χ1v) is 10.2. The fourth-order valence-electron chi connectivity index (χ4n) is 2.52. The maximum absolute atomic E-state index is 12.1. The molecule has 1 aromatic carbocycles. The van der Waals surface area contributed by atoms with Crippen LogP contribution in [-0.4, -0.2) is 46.1 Å². The van der Waals surface area contributed by atoms with Gasteiger partial charge in [0.1, 0.15) is 0 Å². The van der Waals surface area contributed by atoms with Crippen LogP contribution in [0.5, 0.6) is 0 Å². The second kappa shape index (κ2) is 8.95. The number of amides is 2. The normalized spacial score (nSPS) is 14.3. The second-order valence-electron chi connectivity index (χ2n) is 6.37. The molecule has 0 radical (unpaired) electrons. The molecule has 1 aliphatic rings. The minimum absolute atomic E-state index is 0.0371. The summed E-state index contributed by atoms with van der Waals surface area (Å²) >= 11 is 0. The summed E-state index contributed by atoms with van der Waals surface area (Å²) in [5, 5.41) is 2.60. The zero-order valence-corrected chi connectivity index (χ0v) is 15.7. The van der Waals surface area contributed by atoms with E-state index in [0.717, 1.165) is 12.8 Å². The lowest BCUT2D eigenvalue weighted by Gasteiger charge is -2.25. The molecule has 1 saturated carbocycles. The Morgan fingerprint density at radius 2 is 1.92 bits per heavy atom. The largest absolute Gasteiger partial charge is 0.351 e. The molecule has 0 spiro atoms. The molecule has 1 aromatic rings. The molecule has 0 bridgehead atoms. The molecule has 142 valence electrons. The van der Waals surface area contributed by atoms with E-state index in [1.54, 1.807) is 31.3 Å². The molecule has 8 heteroatoms. The van der Waals surface area contributed by atoms with Crippen LogP contribution in [0.1, 0.15) is 29.6 Å². The Kier molecular flexibility index (Phi) is 6.93. The summed E-state index contributed by atoms with van der Waals surface area (Å²) in [6.45, 7) is 3.95. The van der Waals surface area contributed by atoms with E-state index < -0.39 is 10.0 Å². The summed E-state index contributed by atoms with van der Waals surface area (Å²) in [5.74, 6) is -0.311. The number of sulfonamides is 1. The van der Waals surface area contributed by atoms with E-state index in [4.69, 9.17) is 0 Å². The van der Waals surface area contributed by atoms with E-state index in [1.807, 2.05) is 0 Å². The maximum Gasteiger partial charge on any atom is 0.251 e. The Bertz CT molecular complexity index is 755. The van der Waals surface area contributed by atoms with Crippen LogP contribution in [-0.2, 0) is 14.8 Å². The Morgan fingerprint density at radius 1 is 1.27 bits per heavy atom. The summed E-state index contributed by atoms with van der Waals surface area (Å²) in [4.78, 5) is 25.1. The average Bonchev–Trinajstić information content (AvgIpc) is 2.58. The van der Waals surface area contributed by atoms with Gasteiger partial charge in [-0.3, -0.25) is 9.59 Å². The van der Waals surface area contributed by atoms with E-state index in [-0.39, 0.29) is 24.1 Å². The molecule has 2 N–H and O–H groups in total. The molecule has 0 unspecified atom stereocenters. The molecule has 0 aliphatic heterocycles. The van der Waals surface area contributed by atoms with E-state index in [9.17, 15) is 18.0 Å². The van der Waals surface area contributed by atoms with Crippen molar-refractivity contribution in [1.29, 1.82) is 0 Å². The monoisotopic (exact) mass is 379 g/mol. The van der Waals surface area contributed by atoms with Crippen LogP contribution in [0.25, 0.3) is 0 Å². The highest BCUT2D eigenvalue weighted by atomic mass is 32.2. The first kappa shape index (κ1) is 20.1. The van der Waals surface area contributed by atoms with Gasteiger partial charge in [-0.25, -0.2) is 13.1 Å². The summed E-state index contributed by atoms with van der Waals surface area (Å²) in [7, 11) is -1.77. The number of hydrogen-bond donors (Lipinski definition) is 2. The van der Waals surface area contributed by atoms with Crippen molar-refractivity contribution in [2.75, 3.05) is 30.8 Å². The van der Waals surface area contributed by atoms with Gasteiger partial charge in [-0.2, -0.15) is 0 Å². The van der Waals surface area contributed by atoms with Crippen LogP contribution in [0.15, 0.2) is 36.9 Å². The quantitative estimate of drug-likeness (QED) is 0.632. The van der Waals surface area contributed by atoms with Crippen LogP contribution in [0.4, 0.5) is 5.69 Å². The standard InChI is InChI=1S/C18H25N3O4S/c1-3-17(22)21(2)16-9-7-15(8-10-16)18(23)19-11-12-26(24,25)20-13-14-5-4-6-14/h3,7-10,14,20H,1,4-6,11-13H2,2H3,(H,19,23). The molecule has 2 amide bonds. The number of carbonyl (C=O) groups excluding carboxylic acids is 2. The summed E-state index contributed by atoms with van der Waals surface area (Å²) in [5.41, 5.74) is 1.03. The number of rotatable bonds is 9. The highest BCUT2D eigenvalue weighted by molar-refractivity contribution is 7.89. The van der Waals surface area contributed by atoms with Gasteiger partial charge >= 0.3 is 0 Å². The Morgan fingerprint density at radius 3 is 2.46 bits per heavy atom. The summed E-state index contributed by atoms with van der Waals surface area (Å²) < 4.78 is 26.4. The average molecular weight is 379 g/mol. The van der Waals surface area contributed by atoms with Gasteiger partial charge < -0.3 is 10.2 Å². The highest BCUT2D eigenvalue weighted by Gasteiger charge is 2.20. The predicted molar refractivity (Wildman–Crippen MR) is 102 cm³/mol. The van der Waals surface area contributed by atoms with Gasteiger partial charge in [0.2, 0.25) is 15.9 Å². The number of nitrogens with one attached hydrogen (secondary N) is 2. The van der Waals surface area contributed by atoms with Gasteiger partial charge in [0.15, 0.2) is 0 Å². The lowest BCUT2D eigenvalue weighted by atomic mass is 9.86. The Labute approximate surface area is 154 Å². The minimum Gasteiger partial charge on any atom is -0.351 e. The van der Waals surface area contributed by atoms with Gasteiger partial charge in [0.05, 0.1) is 5.75 Å².